The molecule has 9 heteroatoms. The van der Waals surface area contributed by atoms with Crippen molar-refractivity contribution in [2.75, 3.05) is 20.6 Å². The maximum atomic E-state index is 13.2. The highest BCUT2D eigenvalue weighted by Gasteiger charge is 2.32. The van der Waals surface area contributed by atoms with Gasteiger partial charge >= 0.3 is 0 Å². The number of nitrogens with one attached hydrogen (secondary N) is 1. The lowest BCUT2D eigenvalue weighted by Crippen LogP contribution is -2.53. The van der Waals surface area contributed by atoms with E-state index < -0.39 is 24.3 Å². The van der Waals surface area contributed by atoms with Crippen molar-refractivity contribution >= 4 is 16.8 Å². The van der Waals surface area contributed by atoms with E-state index in [1.165, 1.54) is 4.68 Å². The van der Waals surface area contributed by atoms with Gasteiger partial charge in [0.1, 0.15) is 18.1 Å². The highest BCUT2D eigenvalue weighted by Crippen LogP contribution is 2.25. The summed E-state index contributed by atoms with van der Waals surface area (Å²) in [5.74, 6) is 0.0979. The molecule has 0 saturated heterocycles. The van der Waals surface area contributed by atoms with Crippen LogP contribution in [0.1, 0.15) is 29.5 Å². The molecule has 0 aliphatic rings. The lowest BCUT2D eigenvalue weighted by molar-refractivity contribution is 0.0701. The summed E-state index contributed by atoms with van der Waals surface area (Å²) in [7, 11) is 5.21. The van der Waals surface area contributed by atoms with Gasteiger partial charge in [-0.3, -0.25) is 14.5 Å². The Morgan fingerprint density at radius 2 is 2.06 bits per heavy atom. The fourth-order valence-corrected chi connectivity index (χ4v) is 3.70. The first kappa shape index (κ1) is 22.6. The number of hydrogen-bond donors (Lipinski definition) is 1. The third-order valence-electron chi connectivity index (χ3n) is 4.82. The van der Waals surface area contributed by atoms with E-state index in [1.807, 2.05) is 18.2 Å². The van der Waals surface area contributed by atoms with E-state index in [9.17, 15) is 13.6 Å². The number of carbonyl (C=O) groups is 1. The smallest absolute Gasteiger partial charge is 0.270 e. The number of halogens is 2. The molecule has 31 heavy (non-hydrogen) atoms. The Morgan fingerprint density at radius 1 is 1.29 bits per heavy atom. The molecular weight excluding hydrogens is 404 g/mol. The molecule has 3 rings (SSSR count). The normalized spacial score (nSPS) is 13.5. The van der Waals surface area contributed by atoms with Crippen LogP contribution in [-0.4, -0.2) is 58.2 Å². The predicted molar refractivity (Wildman–Crippen MR) is 114 cm³/mol. The Kier molecular flexibility index (Phi) is 6.84. The van der Waals surface area contributed by atoms with Gasteiger partial charge in [-0.1, -0.05) is 6.07 Å². The summed E-state index contributed by atoms with van der Waals surface area (Å²) in [6.07, 6.45) is -1.30. The Balaban J connectivity index is 1.86. The van der Waals surface area contributed by atoms with E-state index in [0.717, 1.165) is 5.69 Å². The summed E-state index contributed by atoms with van der Waals surface area (Å²) < 4.78 is 33.6. The van der Waals surface area contributed by atoms with E-state index in [2.05, 4.69) is 15.4 Å². The van der Waals surface area contributed by atoms with E-state index in [0.29, 0.717) is 16.7 Å². The van der Waals surface area contributed by atoms with E-state index >= 15 is 0 Å². The first-order chi connectivity index (χ1) is 14.7. The summed E-state index contributed by atoms with van der Waals surface area (Å²) in [6, 6.07) is 10.8. The number of aromatic nitrogens is 3. The number of amides is 1. The van der Waals surface area contributed by atoms with Crippen molar-refractivity contribution < 1.29 is 18.3 Å². The maximum Gasteiger partial charge on any atom is 0.270 e. The van der Waals surface area contributed by atoms with Crippen LogP contribution in [0.5, 0.6) is 5.75 Å². The molecule has 1 amide bonds. The molecule has 7 nitrogen and oxygen atoms in total. The van der Waals surface area contributed by atoms with Crippen molar-refractivity contribution in [3.8, 4) is 5.75 Å². The zero-order chi connectivity index (χ0) is 22.6. The van der Waals surface area contributed by atoms with Crippen molar-refractivity contribution in [1.82, 2.24) is 25.0 Å². The zero-order valence-electron chi connectivity index (χ0n) is 18.1. The molecule has 2 aromatic heterocycles. The van der Waals surface area contributed by atoms with Gasteiger partial charge in [0, 0.05) is 31.6 Å². The van der Waals surface area contributed by atoms with Gasteiger partial charge in [-0.2, -0.15) is 5.10 Å². The van der Waals surface area contributed by atoms with E-state index in [1.54, 1.807) is 57.4 Å². The Labute approximate surface area is 180 Å². The highest BCUT2D eigenvalue weighted by atomic mass is 19.3. The molecule has 3 aromatic rings. The molecule has 166 valence electrons. The number of pyridine rings is 1. The molecule has 0 radical (unpaired) electrons. The number of carbonyl (C=O) groups excluding carboxylic acids is 1. The Morgan fingerprint density at radius 3 is 2.71 bits per heavy atom. The molecule has 0 spiro atoms. The minimum atomic E-state index is -2.54. The van der Waals surface area contributed by atoms with Crippen molar-refractivity contribution in [1.29, 1.82) is 0 Å². The molecule has 1 N–H and O–H groups in total. The Bertz CT molecular complexity index is 1030. The monoisotopic (exact) mass is 431 g/mol. The number of fused-ring (bicyclic) bond motifs is 1. The fraction of sp³-hybridized carbons (Fsp3) is 0.409. The number of hydrogen-bond acceptors (Lipinski definition) is 5. The van der Waals surface area contributed by atoms with Crippen LogP contribution in [0.25, 0.3) is 10.9 Å². The molecular formula is C22H27F2N5O2. The zero-order valence-corrected chi connectivity index (χ0v) is 18.1. The van der Waals surface area contributed by atoms with Crippen molar-refractivity contribution in [2.45, 2.75) is 31.9 Å². The first-order valence-corrected chi connectivity index (χ1v) is 9.92. The molecule has 0 fully saturated rings. The largest absolute Gasteiger partial charge is 0.487 e. The van der Waals surface area contributed by atoms with Crippen LogP contribution in [-0.2, 0) is 13.7 Å². The lowest BCUT2D eigenvalue weighted by Gasteiger charge is -2.33. The summed E-state index contributed by atoms with van der Waals surface area (Å²) >= 11 is 0. The minimum absolute atomic E-state index is 0.275. The van der Waals surface area contributed by atoms with Crippen LogP contribution in [0.15, 0.2) is 42.6 Å². The molecule has 0 aliphatic carbocycles. The number of rotatable bonds is 9. The topological polar surface area (TPSA) is 72.3 Å². The summed E-state index contributed by atoms with van der Waals surface area (Å²) in [6.45, 7) is 2.18. The summed E-state index contributed by atoms with van der Waals surface area (Å²) in [5, 5.41) is 7.76. The van der Waals surface area contributed by atoms with Gasteiger partial charge in [-0.05, 0) is 51.4 Å². The van der Waals surface area contributed by atoms with Crippen molar-refractivity contribution in [3.05, 3.63) is 54.0 Å². The molecule has 0 aliphatic heterocycles. The standard InChI is InChI=1S/C22H27F2N5O2/c1-22(12-19(23)24,14-28(2)3)26-21(30)20-17-11-16(8-9-18(17)27-29(20)4)31-13-15-7-5-6-10-25-15/h5-11,19H,12-14H2,1-4H3,(H,26,30). The predicted octanol–water partition coefficient (Wildman–Crippen LogP) is 3.25. The van der Waals surface area contributed by atoms with Crippen LogP contribution in [0.4, 0.5) is 8.78 Å². The van der Waals surface area contributed by atoms with Gasteiger partial charge in [0.25, 0.3) is 5.91 Å². The average Bonchev–Trinajstić information content (AvgIpc) is 3.00. The van der Waals surface area contributed by atoms with Gasteiger partial charge in [0.05, 0.1) is 16.7 Å². The van der Waals surface area contributed by atoms with Crippen molar-refractivity contribution in [3.63, 3.8) is 0 Å². The van der Waals surface area contributed by atoms with Crippen LogP contribution in [0.3, 0.4) is 0 Å². The molecule has 1 aromatic carbocycles. The number of ether oxygens (including phenoxy) is 1. The number of benzene rings is 1. The second-order valence-corrected chi connectivity index (χ2v) is 8.11. The van der Waals surface area contributed by atoms with Crippen molar-refractivity contribution in [2.24, 2.45) is 7.05 Å². The van der Waals surface area contributed by atoms with Gasteiger partial charge in [-0.15, -0.1) is 0 Å². The highest BCUT2D eigenvalue weighted by molar-refractivity contribution is 6.05. The van der Waals surface area contributed by atoms with Crippen LogP contribution < -0.4 is 10.1 Å². The van der Waals surface area contributed by atoms with Crippen LogP contribution in [0.2, 0.25) is 0 Å². The third kappa shape index (κ3) is 5.75. The molecule has 1 atom stereocenters. The fourth-order valence-electron chi connectivity index (χ4n) is 3.70. The second-order valence-electron chi connectivity index (χ2n) is 8.11. The van der Waals surface area contributed by atoms with Gasteiger partial charge < -0.3 is 15.0 Å². The van der Waals surface area contributed by atoms with Gasteiger partial charge in [-0.25, -0.2) is 8.78 Å². The quantitative estimate of drug-likeness (QED) is 0.563. The molecule has 0 bridgehead atoms. The van der Waals surface area contributed by atoms with E-state index in [4.69, 9.17) is 4.74 Å². The number of alkyl halides is 2. The first-order valence-electron chi connectivity index (χ1n) is 9.92. The average molecular weight is 431 g/mol. The number of aryl methyl sites for hydroxylation is 1. The second kappa shape index (κ2) is 9.38. The summed E-state index contributed by atoms with van der Waals surface area (Å²) in [4.78, 5) is 19.1. The van der Waals surface area contributed by atoms with Crippen LogP contribution in [0, 0.1) is 0 Å². The Hall–Kier alpha value is -3.07. The third-order valence-corrected chi connectivity index (χ3v) is 4.82. The van der Waals surface area contributed by atoms with E-state index in [-0.39, 0.29) is 18.8 Å². The lowest BCUT2D eigenvalue weighted by atomic mass is 9.96. The van der Waals surface area contributed by atoms with Gasteiger partial charge in [0.15, 0.2) is 0 Å². The SMILES string of the molecule is CN(C)CC(C)(CC(F)F)NC(=O)c1c2cc(OCc3ccccn3)ccc2nn1C. The summed E-state index contributed by atoms with van der Waals surface area (Å²) in [5.41, 5.74) is 0.579. The van der Waals surface area contributed by atoms with Crippen LogP contribution >= 0.6 is 0 Å². The number of nitrogens with zero attached hydrogens (tertiary/aromatic N) is 4. The molecule has 1 unspecified atom stereocenters. The number of likely N-dealkylation sites (N-methyl/N-ethyl adjacent to an activating group) is 1. The van der Waals surface area contributed by atoms with Gasteiger partial charge in [0.2, 0.25) is 6.43 Å². The molecule has 2 heterocycles. The maximum absolute atomic E-state index is 13.2. The minimum Gasteiger partial charge on any atom is -0.487 e. The molecule has 0 saturated carbocycles.